The molecule has 0 aliphatic carbocycles. The van der Waals surface area contributed by atoms with Crippen LogP contribution >= 0.6 is 0 Å². The van der Waals surface area contributed by atoms with Crippen LogP contribution in [0, 0.1) is 0 Å². The highest BCUT2D eigenvalue weighted by atomic mass is 16.5. The lowest BCUT2D eigenvalue weighted by molar-refractivity contribution is 0.0937. The van der Waals surface area contributed by atoms with Crippen molar-refractivity contribution in [2.24, 2.45) is 0 Å². The van der Waals surface area contributed by atoms with Crippen LogP contribution in [-0.4, -0.2) is 31.5 Å². The molecule has 0 aliphatic rings. The number of nitrogens with one attached hydrogen (secondary N) is 2. The SMILES string of the molecule is CCCCCCCCCCCCCCCCCCCCCCCCCCCNC(=O)c1ccc(C(=O)NCCCCCCCCCCCCCCCCCCCCCCCCCCC)c(OCCCCCCCC)c1. The van der Waals surface area contributed by atoms with Crippen LogP contribution in [0.2, 0.25) is 0 Å². The number of amides is 2. The molecule has 1 aromatic rings. The third-order valence-corrected chi connectivity index (χ3v) is 16.4. The molecule has 0 atom stereocenters. The number of carbonyl (C=O) groups is 2. The number of ether oxygens (including phenoxy) is 1. The second kappa shape index (κ2) is 59.6. The van der Waals surface area contributed by atoms with Gasteiger partial charge in [-0.1, -0.05) is 361 Å². The number of benzene rings is 1. The Labute approximate surface area is 469 Å². The van der Waals surface area contributed by atoms with Gasteiger partial charge in [0.15, 0.2) is 0 Å². The van der Waals surface area contributed by atoms with Crippen molar-refractivity contribution < 1.29 is 14.3 Å². The van der Waals surface area contributed by atoms with Crippen LogP contribution in [0.5, 0.6) is 5.75 Å². The Morgan fingerprint density at radius 2 is 0.520 bits per heavy atom. The Morgan fingerprint density at radius 1 is 0.293 bits per heavy atom. The van der Waals surface area contributed by atoms with E-state index in [0.29, 0.717) is 36.6 Å². The number of hydrogen-bond donors (Lipinski definition) is 2. The van der Waals surface area contributed by atoms with E-state index in [0.717, 1.165) is 38.5 Å². The molecular weight excluding hydrogens is 917 g/mol. The van der Waals surface area contributed by atoms with E-state index < -0.39 is 0 Å². The molecule has 1 aromatic carbocycles. The minimum atomic E-state index is -0.0975. The molecule has 0 aliphatic heterocycles. The fourth-order valence-corrected chi connectivity index (χ4v) is 11.2. The second-order valence-corrected chi connectivity index (χ2v) is 23.8. The zero-order valence-electron chi connectivity index (χ0n) is 51.2. The molecule has 440 valence electrons. The van der Waals surface area contributed by atoms with E-state index in [1.807, 2.05) is 0 Å². The van der Waals surface area contributed by atoms with Gasteiger partial charge in [-0.15, -0.1) is 0 Å². The summed E-state index contributed by atoms with van der Waals surface area (Å²) in [5.74, 6) is 0.360. The molecule has 75 heavy (non-hydrogen) atoms. The molecule has 2 amide bonds. The summed E-state index contributed by atoms with van der Waals surface area (Å²) in [6.45, 7) is 8.78. The van der Waals surface area contributed by atoms with Gasteiger partial charge < -0.3 is 15.4 Å². The molecule has 0 bridgehead atoms. The minimum absolute atomic E-state index is 0.0777. The van der Waals surface area contributed by atoms with E-state index in [1.54, 1.807) is 18.2 Å². The van der Waals surface area contributed by atoms with E-state index in [2.05, 4.69) is 31.4 Å². The summed E-state index contributed by atoms with van der Waals surface area (Å²) < 4.78 is 6.24. The van der Waals surface area contributed by atoms with Crippen LogP contribution in [0.15, 0.2) is 18.2 Å². The molecule has 0 unspecified atom stereocenters. The molecule has 0 saturated carbocycles. The third-order valence-electron chi connectivity index (χ3n) is 16.4. The first kappa shape index (κ1) is 71.0. The van der Waals surface area contributed by atoms with Gasteiger partial charge in [0, 0.05) is 18.7 Å². The third kappa shape index (κ3) is 50.0. The highest BCUT2D eigenvalue weighted by molar-refractivity contribution is 6.00. The molecule has 5 heteroatoms. The van der Waals surface area contributed by atoms with Gasteiger partial charge in [0.1, 0.15) is 5.75 Å². The van der Waals surface area contributed by atoms with Gasteiger partial charge in [0.25, 0.3) is 11.8 Å². The van der Waals surface area contributed by atoms with Gasteiger partial charge in [-0.25, -0.2) is 0 Å². The highest BCUT2D eigenvalue weighted by Gasteiger charge is 2.16. The predicted octanol–water partition coefficient (Wildman–Crippen LogP) is 23.4. The first-order chi connectivity index (χ1) is 37.1. The average molecular weight is 1050 g/mol. The van der Waals surface area contributed by atoms with Crippen molar-refractivity contribution in [1.82, 2.24) is 10.6 Å². The smallest absolute Gasteiger partial charge is 0.255 e. The van der Waals surface area contributed by atoms with Gasteiger partial charge in [-0.2, -0.15) is 0 Å². The summed E-state index contributed by atoms with van der Waals surface area (Å²) in [5, 5.41) is 6.30. The van der Waals surface area contributed by atoms with Crippen molar-refractivity contribution in [3.05, 3.63) is 29.3 Å². The molecule has 0 fully saturated rings. The Balaban J connectivity index is 2.11. The van der Waals surface area contributed by atoms with Gasteiger partial charge in [-0.3, -0.25) is 9.59 Å². The van der Waals surface area contributed by atoms with Crippen molar-refractivity contribution in [3.63, 3.8) is 0 Å². The Hall–Kier alpha value is -2.04. The van der Waals surface area contributed by atoms with Gasteiger partial charge in [-0.05, 0) is 37.5 Å². The zero-order valence-corrected chi connectivity index (χ0v) is 51.2. The Kier molecular flexibility index (Phi) is 56.4. The predicted molar refractivity (Wildman–Crippen MR) is 332 cm³/mol. The summed E-state index contributed by atoms with van der Waals surface area (Å²) in [7, 11) is 0. The van der Waals surface area contributed by atoms with Crippen molar-refractivity contribution in [1.29, 1.82) is 0 Å². The second-order valence-electron chi connectivity index (χ2n) is 23.8. The first-order valence-corrected chi connectivity index (χ1v) is 34.5. The largest absolute Gasteiger partial charge is 0.493 e. The maximum atomic E-state index is 13.4. The summed E-state index contributed by atoms with van der Waals surface area (Å²) in [5.41, 5.74) is 1.11. The van der Waals surface area contributed by atoms with Crippen LogP contribution < -0.4 is 15.4 Å². The van der Waals surface area contributed by atoms with Crippen molar-refractivity contribution >= 4 is 11.8 Å². The monoisotopic (exact) mass is 1050 g/mol. The Morgan fingerprint density at radius 3 is 0.787 bits per heavy atom. The molecule has 0 aromatic heterocycles. The van der Waals surface area contributed by atoms with E-state index in [9.17, 15) is 9.59 Å². The number of hydrogen-bond acceptors (Lipinski definition) is 3. The van der Waals surface area contributed by atoms with Gasteiger partial charge in [0.2, 0.25) is 0 Å². The first-order valence-electron chi connectivity index (χ1n) is 34.5. The van der Waals surface area contributed by atoms with Crippen LogP contribution in [0.25, 0.3) is 0 Å². The summed E-state index contributed by atoms with van der Waals surface area (Å²) >= 11 is 0. The topological polar surface area (TPSA) is 67.4 Å². The highest BCUT2D eigenvalue weighted by Crippen LogP contribution is 2.23. The quantitative estimate of drug-likeness (QED) is 0.0639. The maximum absolute atomic E-state index is 13.4. The van der Waals surface area contributed by atoms with Crippen molar-refractivity contribution in [2.75, 3.05) is 19.7 Å². The van der Waals surface area contributed by atoms with Crippen molar-refractivity contribution in [2.45, 2.75) is 380 Å². The maximum Gasteiger partial charge on any atom is 0.255 e. The van der Waals surface area contributed by atoms with Crippen LogP contribution in [0.3, 0.4) is 0 Å². The summed E-state index contributed by atoms with van der Waals surface area (Å²) in [6, 6.07) is 5.38. The lowest BCUT2D eigenvalue weighted by Crippen LogP contribution is -2.26. The molecular formula is C70H132N2O3. The van der Waals surface area contributed by atoms with Crippen LogP contribution in [-0.2, 0) is 0 Å². The molecule has 0 saturated heterocycles. The fraction of sp³-hybridized carbons (Fsp3) is 0.886. The molecule has 0 spiro atoms. The van der Waals surface area contributed by atoms with E-state index in [4.69, 9.17) is 4.74 Å². The minimum Gasteiger partial charge on any atom is -0.493 e. The summed E-state index contributed by atoms with van der Waals surface area (Å²) in [6.07, 6.45) is 76.5. The van der Waals surface area contributed by atoms with Crippen LogP contribution in [0.4, 0.5) is 0 Å². The van der Waals surface area contributed by atoms with Crippen LogP contribution in [0.1, 0.15) is 401 Å². The molecule has 5 nitrogen and oxygen atoms in total. The van der Waals surface area contributed by atoms with Crippen molar-refractivity contribution in [3.8, 4) is 5.75 Å². The standard InChI is InChI=1S/C70H132N2O3/c1-4-7-10-13-16-18-20-22-24-26-28-30-32-34-36-38-40-42-44-46-48-50-52-54-57-62-71-69(73)66-60-61-67(68(65-66)75-64-59-56-15-12-9-6-3)70(74)72-63-58-55-53-51-49-47-45-43-41-39-37-35-33-31-29-27-25-23-21-19-17-14-11-8-5-2/h60-61,65H,4-59,62-64H2,1-3H3,(H,71,73)(H,72,74). The lowest BCUT2D eigenvalue weighted by Gasteiger charge is -2.14. The molecule has 1 rings (SSSR count). The molecule has 0 radical (unpaired) electrons. The molecule has 2 N–H and O–H groups in total. The van der Waals surface area contributed by atoms with E-state index in [-0.39, 0.29) is 11.8 Å². The zero-order chi connectivity index (χ0) is 53.8. The number of unbranched alkanes of at least 4 members (excludes halogenated alkanes) is 53. The van der Waals surface area contributed by atoms with Gasteiger partial charge in [0.05, 0.1) is 12.2 Å². The Bertz CT molecular complexity index is 1310. The van der Waals surface area contributed by atoms with E-state index in [1.165, 1.54) is 321 Å². The normalized spacial score (nSPS) is 11.5. The lowest BCUT2D eigenvalue weighted by atomic mass is 10.0. The van der Waals surface area contributed by atoms with Gasteiger partial charge >= 0.3 is 0 Å². The van der Waals surface area contributed by atoms with E-state index >= 15 is 0 Å². The summed E-state index contributed by atoms with van der Waals surface area (Å²) in [4.78, 5) is 26.6. The number of rotatable bonds is 62. The molecule has 0 heterocycles. The fourth-order valence-electron chi connectivity index (χ4n) is 11.2. The average Bonchev–Trinajstić information content (AvgIpc) is 3.42. The number of carbonyl (C=O) groups excluding carboxylic acids is 2.